The minimum Gasteiger partial charge on any atom is -0.465 e. The summed E-state index contributed by atoms with van der Waals surface area (Å²) in [6.45, 7) is 0. The molecule has 0 unspecified atom stereocenters. The largest absolute Gasteiger partial charge is 0.465 e. The highest BCUT2D eigenvalue weighted by Gasteiger charge is 2.33. The van der Waals surface area contributed by atoms with Gasteiger partial charge >= 0.3 is 6.09 Å². The Morgan fingerprint density at radius 3 is 2.85 bits per heavy atom. The van der Waals surface area contributed by atoms with E-state index >= 15 is 0 Å². The predicted molar refractivity (Wildman–Crippen MR) is 47.8 cm³/mol. The Kier molecular flexibility index (Phi) is 1.88. The Morgan fingerprint density at radius 2 is 2.38 bits per heavy atom. The molecule has 0 aromatic carbocycles. The van der Waals surface area contributed by atoms with Gasteiger partial charge in [0.25, 0.3) is 0 Å². The molecule has 0 aliphatic heterocycles. The van der Waals surface area contributed by atoms with Crippen LogP contribution in [0, 0.1) is 0 Å². The standard InChI is InChI=1S/C9H10N2O2/c12-9(13)11(7-3-4-7)8-2-1-5-10-6-8/h1-2,5-7H,3-4H2,(H,12,13). The second kappa shape index (κ2) is 3.05. The van der Waals surface area contributed by atoms with Gasteiger partial charge in [-0.2, -0.15) is 0 Å². The van der Waals surface area contributed by atoms with Gasteiger partial charge in [-0.15, -0.1) is 0 Å². The summed E-state index contributed by atoms with van der Waals surface area (Å²) in [6, 6.07) is 3.68. The number of amides is 1. The van der Waals surface area contributed by atoms with Gasteiger partial charge in [0.2, 0.25) is 0 Å². The Morgan fingerprint density at radius 1 is 1.62 bits per heavy atom. The highest BCUT2D eigenvalue weighted by molar-refractivity contribution is 5.87. The maximum Gasteiger partial charge on any atom is 0.412 e. The number of rotatable bonds is 2. The van der Waals surface area contributed by atoms with Crippen LogP contribution in [0.2, 0.25) is 0 Å². The molecular formula is C9H10N2O2. The molecule has 1 fully saturated rings. The molecule has 0 bridgehead atoms. The van der Waals surface area contributed by atoms with Crippen LogP contribution in [0.5, 0.6) is 0 Å². The van der Waals surface area contributed by atoms with Gasteiger partial charge in [-0.25, -0.2) is 4.79 Å². The molecule has 0 saturated heterocycles. The Bertz CT molecular complexity index is 309. The molecule has 1 amide bonds. The molecule has 4 nitrogen and oxygen atoms in total. The van der Waals surface area contributed by atoms with Crippen LogP contribution >= 0.6 is 0 Å². The molecule has 68 valence electrons. The second-order valence-corrected chi connectivity index (χ2v) is 3.09. The third kappa shape index (κ3) is 1.61. The lowest BCUT2D eigenvalue weighted by atomic mass is 10.4. The summed E-state index contributed by atoms with van der Waals surface area (Å²) >= 11 is 0. The number of aromatic nitrogens is 1. The van der Waals surface area contributed by atoms with E-state index in [1.54, 1.807) is 24.5 Å². The van der Waals surface area contributed by atoms with Gasteiger partial charge in [0.15, 0.2) is 0 Å². The van der Waals surface area contributed by atoms with E-state index in [2.05, 4.69) is 4.98 Å². The summed E-state index contributed by atoms with van der Waals surface area (Å²) in [5, 5.41) is 8.94. The van der Waals surface area contributed by atoms with E-state index in [0.29, 0.717) is 5.69 Å². The minimum absolute atomic E-state index is 0.168. The number of carboxylic acid groups (broad SMARTS) is 1. The third-order valence-corrected chi connectivity index (χ3v) is 2.04. The maximum atomic E-state index is 10.9. The fraction of sp³-hybridized carbons (Fsp3) is 0.333. The highest BCUT2D eigenvalue weighted by Crippen LogP contribution is 2.30. The highest BCUT2D eigenvalue weighted by atomic mass is 16.4. The zero-order chi connectivity index (χ0) is 9.26. The van der Waals surface area contributed by atoms with Crippen molar-refractivity contribution in [2.75, 3.05) is 4.90 Å². The lowest BCUT2D eigenvalue weighted by molar-refractivity contribution is 0.201. The fourth-order valence-corrected chi connectivity index (χ4v) is 1.31. The molecule has 13 heavy (non-hydrogen) atoms. The van der Waals surface area contributed by atoms with Crippen molar-refractivity contribution in [2.45, 2.75) is 18.9 Å². The summed E-state index contributed by atoms with van der Waals surface area (Å²) in [6.07, 6.45) is 4.24. The van der Waals surface area contributed by atoms with Crippen molar-refractivity contribution < 1.29 is 9.90 Å². The summed E-state index contributed by atoms with van der Waals surface area (Å²) in [5.41, 5.74) is 0.664. The van der Waals surface area contributed by atoms with E-state index in [4.69, 9.17) is 5.11 Å². The zero-order valence-corrected chi connectivity index (χ0v) is 7.05. The van der Waals surface area contributed by atoms with Gasteiger partial charge in [0.05, 0.1) is 11.9 Å². The molecule has 1 aliphatic carbocycles. The van der Waals surface area contributed by atoms with E-state index in [1.165, 1.54) is 4.90 Å². The summed E-state index contributed by atoms with van der Waals surface area (Å²) in [5.74, 6) is 0. The Balaban J connectivity index is 2.25. The first-order valence-corrected chi connectivity index (χ1v) is 4.21. The molecule has 4 heteroatoms. The number of hydrogen-bond donors (Lipinski definition) is 1. The molecule has 0 radical (unpaired) electrons. The predicted octanol–water partition coefficient (Wildman–Crippen LogP) is 1.73. The molecule has 1 aromatic heterocycles. The summed E-state index contributed by atoms with van der Waals surface area (Å²) in [4.78, 5) is 16.2. The third-order valence-electron chi connectivity index (χ3n) is 2.04. The first-order valence-electron chi connectivity index (χ1n) is 4.21. The van der Waals surface area contributed by atoms with Crippen molar-refractivity contribution in [2.24, 2.45) is 0 Å². The average molecular weight is 178 g/mol. The maximum absolute atomic E-state index is 10.9. The van der Waals surface area contributed by atoms with Crippen LogP contribution in [0.3, 0.4) is 0 Å². The van der Waals surface area contributed by atoms with E-state index in [0.717, 1.165) is 12.8 Å². The molecule has 1 saturated carbocycles. The first-order chi connectivity index (χ1) is 6.29. The SMILES string of the molecule is O=C(O)N(c1cccnc1)C1CC1. The lowest BCUT2D eigenvalue weighted by Crippen LogP contribution is -2.31. The quantitative estimate of drug-likeness (QED) is 0.750. The lowest BCUT2D eigenvalue weighted by Gasteiger charge is -2.17. The van der Waals surface area contributed by atoms with Crippen LogP contribution in [0.25, 0.3) is 0 Å². The second-order valence-electron chi connectivity index (χ2n) is 3.09. The Labute approximate surface area is 75.8 Å². The Hall–Kier alpha value is -1.58. The van der Waals surface area contributed by atoms with Crippen molar-refractivity contribution in [3.05, 3.63) is 24.5 Å². The van der Waals surface area contributed by atoms with Gasteiger partial charge in [-0.05, 0) is 25.0 Å². The van der Waals surface area contributed by atoms with E-state index < -0.39 is 6.09 Å². The minimum atomic E-state index is -0.893. The molecule has 1 heterocycles. The summed E-state index contributed by atoms with van der Waals surface area (Å²) in [7, 11) is 0. The van der Waals surface area contributed by atoms with Crippen molar-refractivity contribution in [3.8, 4) is 0 Å². The molecular weight excluding hydrogens is 168 g/mol. The molecule has 2 rings (SSSR count). The average Bonchev–Trinajstić information content (AvgIpc) is 2.90. The first kappa shape index (κ1) is 8.04. The van der Waals surface area contributed by atoms with E-state index in [-0.39, 0.29) is 6.04 Å². The van der Waals surface area contributed by atoms with Crippen molar-refractivity contribution >= 4 is 11.8 Å². The summed E-state index contributed by atoms with van der Waals surface area (Å²) < 4.78 is 0. The molecule has 1 aromatic rings. The topological polar surface area (TPSA) is 53.4 Å². The van der Waals surface area contributed by atoms with Gasteiger partial charge in [0, 0.05) is 12.2 Å². The molecule has 1 N–H and O–H groups in total. The normalized spacial score (nSPS) is 15.4. The van der Waals surface area contributed by atoms with Crippen molar-refractivity contribution in [3.63, 3.8) is 0 Å². The van der Waals surface area contributed by atoms with Gasteiger partial charge in [-0.3, -0.25) is 9.88 Å². The monoisotopic (exact) mass is 178 g/mol. The smallest absolute Gasteiger partial charge is 0.412 e. The molecule has 0 atom stereocenters. The number of anilines is 1. The van der Waals surface area contributed by atoms with Crippen molar-refractivity contribution in [1.29, 1.82) is 0 Å². The molecule has 1 aliphatic rings. The number of nitrogens with zero attached hydrogens (tertiary/aromatic N) is 2. The van der Waals surface area contributed by atoms with E-state index in [1.807, 2.05) is 0 Å². The zero-order valence-electron chi connectivity index (χ0n) is 7.05. The van der Waals surface area contributed by atoms with Gasteiger partial charge in [-0.1, -0.05) is 0 Å². The van der Waals surface area contributed by atoms with Crippen LogP contribution in [-0.4, -0.2) is 22.2 Å². The van der Waals surface area contributed by atoms with Crippen LogP contribution in [-0.2, 0) is 0 Å². The van der Waals surface area contributed by atoms with Gasteiger partial charge < -0.3 is 5.11 Å². The number of hydrogen-bond acceptors (Lipinski definition) is 2. The van der Waals surface area contributed by atoms with Crippen LogP contribution < -0.4 is 4.90 Å². The van der Waals surface area contributed by atoms with E-state index in [9.17, 15) is 4.79 Å². The number of pyridine rings is 1. The molecule has 0 spiro atoms. The van der Waals surface area contributed by atoms with Crippen LogP contribution in [0.1, 0.15) is 12.8 Å². The van der Waals surface area contributed by atoms with Crippen LogP contribution in [0.15, 0.2) is 24.5 Å². The van der Waals surface area contributed by atoms with Crippen LogP contribution in [0.4, 0.5) is 10.5 Å². The van der Waals surface area contributed by atoms with Gasteiger partial charge in [0.1, 0.15) is 0 Å². The fourth-order valence-electron chi connectivity index (χ4n) is 1.31. The van der Waals surface area contributed by atoms with Crippen molar-refractivity contribution in [1.82, 2.24) is 4.98 Å². The number of carbonyl (C=O) groups is 1.